The zero-order valence-corrected chi connectivity index (χ0v) is 20.2. The molecule has 1 aliphatic heterocycles. The fourth-order valence-electron chi connectivity index (χ4n) is 8.87. The SMILES string of the molecule is CC1=C2[C@@H](O)[C@@H](O)[C@]3(C)[C@@H](O)C[C@H]4OC[C@H]4C34C[C@](C)(C[C@@H]1O)[C@]24C.O=C(O)c1ccccc1. The summed E-state index contributed by atoms with van der Waals surface area (Å²) >= 11 is 0. The summed E-state index contributed by atoms with van der Waals surface area (Å²) in [6, 6.07) is 8.30. The molecule has 4 aliphatic carbocycles. The molecule has 1 heterocycles. The van der Waals surface area contributed by atoms with Gasteiger partial charge in [0.25, 0.3) is 0 Å². The molecule has 4 fully saturated rings. The Labute approximate surface area is 200 Å². The predicted molar refractivity (Wildman–Crippen MR) is 124 cm³/mol. The Morgan fingerprint density at radius 1 is 1.06 bits per heavy atom. The van der Waals surface area contributed by atoms with E-state index in [1.54, 1.807) is 30.3 Å². The molecule has 7 nitrogen and oxygen atoms in total. The summed E-state index contributed by atoms with van der Waals surface area (Å²) in [6.07, 6.45) is -1.24. The smallest absolute Gasteiger partial charge is 0.335 e. The molecule has 7 heteroatoms. The molecule has 1 spiro atoms. The van der Waals surface area contributed by atoms with Crippen molar-refractivity contribution in [3.05, 3.63) is 47.0 Å². The van der Waals surface area contributed by atoms with Crippen LogP contribution >= 0.6 is 0 Å². The number of aliphatic hydroxyl groups is 4. The largest absolute Gasteiger partial charge is 0.478 e. The Bertz CT molecular complexity index is 1040. The highest BCUT2D eigenvalue weighted by Gasteiger charge is 2.86. The first-order valence-electron chi connectivity index (χ1n) is 12.2. The van der Waals surface area contributed by atoms with Gasteiger partial charge in [-0.15, -0.1) is 0 Å². The Balaban J connectivity index is 0.000000227. The number of hydrogen-bond acceptors (Lipinski definition) is 6. The van der Waals surface area contributed by atoms with Crippen molar-refractivity contribution < 1.29 is 35.1 Å². The number of fused-ring (bicyclic) bond motifs is 1. The molecule has 1 unspecified atom stereocenters. The van der Waals surface area contributed by atoms with E-state index in [1.807, 2.05) is 13.8 Å². The first-order valence-corrected chi connectivity index (χ1v) is 12.2. The van der Waals surface area contributed by atoms with Gasteiger partial charge in [0.1, 0.15) is 6.10 Å². The minimum absolute atomic E-state index is 0.0419. The van der Waals surface area contributed by atoms with E-state index in [9.17, 15) is 25.2 Å². The lowest BCUT2D eigenvalue weighted by Crippen LogP contribution is -2.86. The van der Waals surface area contributed by atoms with Crippen molar-refractivity contribution in [1.82, 2.24) is 0 Å². The van der Waals surface area contributed by atoms with Gasteiger partial charge in [-0.2, -0.15) is 0 Å². The standard InChI is InChI=1S/C20H30O5.C7H6O2/c1-9-11(21)6-17(2)8-20-10-7-25-12(10)5-13(22)18(20,3)16(24)15(23)14(9)19(17,20)4;8-7(9)6-4-2-1-3-5-6/h10-13,15-16,21-24H,5-8H2,1-4H3;1-5H,(H,8,9)/t10-,11+,12-,13+,15-,16-,17+,18+,19+,20?;/m1./s1. The van der Waals surface area contributed by atoms with Crippen LogP contribution in [0.25, 0.3) is 0 Å². The van der Waals surface area contributed by atoms with Crippen molar-refractivity contribution in [2.45, 2.75) is 77.5 Å². The summed E-state index contributed by atoms with van der Waals surface area (Å²) in [5, 5.41) is 52.4. The Hall–Kier alpha value is -1.77. The van der Waals surface area contributed by atoms with Crippen LogP contribution in [0.15, 0.2) is 41.5 Å². The van der Waals surface area contributed by atoms with E-state index in [0.717, 1.165) is 17.6 Å². The van der Waals surface area contributed by atoms with Crippen molar-refractivity contribution in [3.8, 4) is 0 Å². The van der Waals surface area contributed by atoms with Gasteiger partial charge in [-0.05, 0) is 53.9 Å². The number of carboxylic acids is 1. The number of carbonyl (C=O) groups is 1. The van der Waals surface area contributed by atoms with Gasteiger partial charge in [0, 0.05) is 23.2 Å². The van der Waals surface area contributed by atoms with E-state index >= 15 is 0 Å². The van der Waals surface area contributed by atoms with Crippen LogP contribution < -0.4 is 0 Å². The molecule has 34 heavy (non-hydrogen) atoms. The number of ether oxygens (including phenoxy) is 1. The number of hydrogen-bond donors (Lipinski definition) is 5. The average molecular weight is 473 g/mol. The lowest BCUT2D eigenvalue weighted by Gasteiger charge is -2.85. The van der Waals surface area contributed by atoms with Crippen molar-refractivity contribution in [1.29, 1.82) is 0 Å². The van der Waals surface area contributed by atoms with E-state index in [4.69, 9.17) is 9.84 Å². The van der Waals surface area contributed by atoms with Crippen molar-refractivity contribution in [2.24, 2.45) is 27.6 Å². The van der Waals surface area contributed by atoms with Gasteiger partial charge < -0.3 is 30.3 Å². The van der Waals surface area contributed by atoms with Gasteiger partial charge in [0.2, 0.25) is 0 Å². The molecule has 0 amide bonds. The highest BCUT2D eigenvalue weighted by atomic mass is 16.5. The molecule has 0 bridgehead atoms. The average Bonchev–Trinajstić information content (AvgIpc) is 2.78. The van der Waals surface area contributed by atoms with E-state index in [0.29, 0.717) is 30.9 Å². The van der Waals surface area contributed by atoms with Crippen LogP contribution in [0, 0.1) is 27.6 Å². The molecular formula is C27H36O7. The molecule has 1 aromatic rings. The molecule has 0 aromatic heterocycles. The third kappa shape index (κ3) is 2.52. The number of aromatic carboxylic acids is 1. The van der Waals surface area contributed by atoms with E-state index in [2.05, 4.69) is 13.8 Å². The van der Waals surface area contributed by atoms with Gasteiger partial charge in [-0.3, -0.25) is 0 Å². The van der Waals surface area contributed by atoms with Crippen LogP contribution in [-0.2, 0) is 4.74 Å². The quantitative estimate of drug-likeness (QED) is 0.397. The predicted octanol–water partition coefficient (Wildman–Crippen LogP) is 2.38. The van der Waals surface area contributed by atoms with Crippen LogP contribution in [0.2, 0.25) is 0 Å². The highest BCUT2D eigenvalue weighted by molar-refractivity contribution is 5.87. The van der Waals surface area contributed by atoms with Crippen LogP contribution in [0.1, 0.15) is 57.3 Å². The third-order valence-corrected chi connectivity index (χ3v) is 10.8. The molecule has 5 aliphatic rings. The summed E-state index contributed by atoms with van der Waals surface area (Å²) in [5.41, 5.74) is 0.417. The maximum atomic E-state index is 11.2. The minimum Gasteiger partial charge on any atom is -0.478 e. The maximum absolute atomic E-state index is 11.2. The second-order valence-corrected chi connectivity index (χ2v) is 11.7. The van der Waals surface area contributed by atoms with Gasteiger partial charge in [0.05, 0.1) is 36.6 Å². The summed E-state index contributed by atoms with van der Waals surface area (Å²) in [4.78, 5) is 10.2. The topological polar surface area (TPSA) is 127 Å². The fraction of sp³-hybridized carbons (Fsp3) is 0.667. The number of aliphatic hydroxyl groups excluding tert-OH is 4. The Morgan fingerprint density at radius 3 is 2.24 bits per heavy atom. The molecule has 1 saturated heterocycles. The van der Waals surface area contributed by atoms with Gasteiger partial charge in [0.15, 0.2) is 0 Å². The first kappa shape index (κ1) is 23.9. The van der Waals surface area contributed by atoms with E-state index < -0.39 is 35.8 Å². The molecule has 3 saturated carbocycles. The van der Waals surface area contributed by atoms with Crippen molar-refractivity contribution in [2.75, 3.05) is 6.61 Å². The first-order chi connectivity index (χ1) is 15.9. The van der Waals surface area contributed by atoms with Crippen LogP contribution in [0.4, 0.5) is 0 Å². The molecule has 10 atom stereocenters. The molecular weight excluding hydrogens is 436 g/mol. The molecule has 1 aromatic carbocycles. The van der Waals surface area contributed by atoms with Crippen molar-refractivity contribution in [3.63, 3.8) is 0 Å². The van der Waals surface area contributed by atoms with Gasteiger partial charge in [-0.25, -0.2) is 4.79 Å². The Morgan fingerprint density at radius 2 is 1.71 bits per heavy atom. The lowest BCUT2D eigenvalue weighted by atomic mass is 9.20. The summed E-state index contributed by atoms with van der Waals surface area (Å²) in [7, 11) is 0. The van der Waals surface area contributed by atoms with Crippen LogP contribution in [-0.4, -0.2) is 68.6 Å². The Kier molecular flexibility index (Phi) is 5.19. The number of rotatable bonds is 1. The zero-order chi connectivity index (χ0) is 24.8. The highest BCUT2D eigenvalue weighted by Crippen LogP contribution is 2.87. The van der Waals surface area contributed by atoms with E-state index in [-0.39, 0.29) is 22.3 Å². The monoisotopic (exact) mass is 472 g/mol. The van der Waals surface area contributed by atoms with Gasteiger partial charge in [-0.1, -0.05) is 39.0 Å². The van der Waals surface area contributed by atoms with Crippen molar-refractivity contribution >= 4 is 5.97 Å². The normalized spacial score (nSPS) is 50.4. The van der Waals surface area contributed by atoms with E-state index in [1.165, 1.54) is 0 Å². The number of carboxylic acid groups (broad SMARTS) is 1. The fourth-order valence-corrected chi connectivity index (χ4v) is 8.87. The molecule has 186 valence electrons. The summed E-state index contributed by atoms with van der Waals surface area (Å²) in [5.74, 6) is -0.588. The minimum atomic E-state index is -1.04. The second-order valence-electron chi connectivity index (χ2n) is 11.7. The van der Waals surface area contributed by atoms with Crippen LogP contribution in [0.3, 0.4) is 0 Å². The molecule has 0 radical (unpaired) electrons. The van der Waals surface area contributed by atoms with Gasteiger partial charge >= 0.3 is 5.97 Å². The molecule has 5 N–H and O–H groups in total. The lowest BCUT2D eigenvalue weighted by molar-refractivity contribution is -0.405. The zero-order valence-electron chi connectivity index (χ0n) is 20.2. The maximum Gasteiger partial charge on any atom is 0.335 e. The molecule has 6 rings (SSSR count). The number of benzene rings is 1. The third-order valence-electron chi connectivity index (χ3n) is 10.8. The van der Waals surface area contributed by atoms with Crippen LogP contribution in [0.5, 0.6) is 0 Å². The summed E-state index contributed by atoms with van der Waals surface area (Å²) in [6.45, 7) is 8.94. The summed E-state index contributed by atoms with van der Waals surface area (Å²) < 4.78 is 5.79. The second kappa shape index (κ2) is 7.37.